The number of thiol groups is 2. The van der Waals surface area contributed by atoms with E-state index >= 15 is 0 Å². The van der Waals surface area contributed by atoms with E-state index in [1.54, 1.807) is 0 Å². The molecule has 1 spiro atoms. The molecule has 0 radical (unpaired) electrons. The fourth-order valence-corrected chi connectivity index (χ4v) is 2.89. The van der Waals surface area contributed by atoms with Crippen LogP contribution in [0.25, 0.3) is 0 Å². The Hall–Kier alpha value is 0.620. The van der Waals surface area contributed by atoms with Crippen LogP contribution in [-0.4, -0.2) is 34.8 Å². The Labute approximate surface area is 85.4 Å². The minimum absolute atomic E-state index is 0.584. The highest BCUT2D eigenvalue weighted by Gasteiger charge is 2.39. The summed E-state index contributed by atoms with van der Waals surface area (Å²) in [5.74, 6) is 0. The fourth-order valence-electron chi connectivity index (χ4n) is 2.29. The molecule has 0 bridgehead atoms. The molecule has 0 atom stereocenters. The van der Waals surface area contributed by atoms with Crippen LogP contribution in [0.1, 0.15) is 19.3 Å². The third-order valence-corrected chi connectivity index (χ3v) is 3.96. The highest BCUT2D eigenvalue weighted by Crippen LogP contribution is 2.40. The summed E-state index contributed by atoms with van der Waals surface area (Å²) in [6, 6.07) is 0. The molecule has 2 rings (SSSR count). The second kappa shape index (κ2) is 3.40. The summed E-state index contributed by atoms with van der Waals surface area (Å²) in [5.41, 5.74) is 0.584. The van der Waals surface area contributed by atoms with E-state index in [-0.39, 0.29) is 0 Å². The van der Waals surface area contributed by atoms with Crippen LogP contribution in [0.15, 0.2) is 0 Å². The lowest BCUT2D eigenvalue weighted by Crippen LogP contribution is -2.36. The third kappa shape index (κ3) is 1.76. The fraction of sp³-hybridized carbons (Fsp3) is 1.00. The molecular formula is C8H16N2S2. The Kier molecular flexibility index (Phi) is 2.61. The molecular weight excluding hydrogens is 188 g/mol. The molecule has 0 amide bonds. The SMILES string of the molecule is SN1CCC2(CC1)CCN(S)C2. The second-order valence-corrected chi connectivity index (χ2v) is 5.22. The highest BCUT2D eigenvalue weighted by molar-refractivity contribution is 7.77. The molecule has 0 unspecified atom stereocenters. The van der Waals surface area contributed by atoms with E-state index in [0.29, 0.717) is 5.41 Å². The van der Waals surface area contributed by atoms with Crippen molar-refractivity contribution in [3.8, 4) is 0 Å². The highest BCUT2D eigenvalue weighted by atomic mass is 32.1. The van der Waals surface area contributed by atoms with Crippen LogP contribution in [0.3, 0.4) is 0 Å². The first-order valence-corrected chi connectivity index (χ1v) is 5.38. The van der Waals surface area contributed by atoms with Gasteiger partial charge in [0, 0.05) is 26.2 Å². The Bertz CT molecular complexity index is 166. The summed E-state index contributed by atoms with van der Waals surface area (Å²) in [5, 5.41) is 0. The zero-order valence-corrected chi connectivity index (χ0v) is 9.03. The van der Waals surface area contributed by atoms with Crippen LogP contribution in [-0.2, 0) is 0 Å². The zero-order chi connectivity index (χ0) is 8.60. The third-order valence-electron chi connectivity index (χ3n) is 3.22. The van der Waals surface area contributed by atoms with Crippen molar-refractivity contribution in [3.63, 3.8) is 0 Å². The van der Waals surface area contributed by atoms with Gasteiger partial charge in [-0.2, -0.15) is 0 Å². The molecule has 0 aromatic heterocycles. The number of piperidine rings is 1. The molecule has 2 nitrogen and oxygen atoms in total. The predicted molar refractivity (Wildman–Crippen MR) is 57.4 cm³/mol. The number of rotatable bonds is 0. The molecule has 4 heteroatoms. The van der Waals surface area contributed by atoms with Crippen molar-refractivity contribution in [1.29, 1.82) is 0 Å². The van der Waals surface area contributed by atoms with E-state index in [4.69, 9.17) is 0 Å². The Morgan fingerprint density at radius 3 is 1.83 bits per heavy atom. The topological polar surface area (TPSA) is 6.48 Å². The zero-order valence-electron chi connectivity index (χ0n) is 7.24. The summed E-state index contributed by atoms with van der Waals surface area (Å²) >= 11 is 8.76. The summed E-state index contributed by atoms with van der Waals surface area (Å²) < 4.78 is 4.29. The van der Waals surface area contributed by atoms with E-state index in [2.05, 4.69) is 34.2 Å². The van der Waals surface area contributed by atoms with E-state index in [1.165, 1.54) is 25.8 Å². The van der Waals surface area contributed by atoms with Gasteiger partial charge in [0.15, 0.2) is 0 Å². The minimum Gasteiger partial charge on any atom is -0.253 e. The van der Waals surface area contributed by atoms with Gasteiger partial charge in [-0.1, -0.05) is 25.6 Å². The van der Waals surface area contributed by atoms with E-state index in [0.717, 1.165) is 19.6 Å². The van der Waals surface area contributed by atoms with Gasteiger partial charge in [0.2, 0.25) is 0 Å². The van der Waals surface area contributed by atoms with Gasteiger partial charge in [0.1, 0.15) is 0 Å². The van der Waals surface area contributed by atoms with Gasteiger partial charge in [0.05, 0.1) is 0 Å². The van der Waals surface area contributed by atoms with Gasteiger partial charge in [0.25, 0.3) is 0 Å². The molecule has 70 valence electrons. The van der Waals surface area contributed by atoms with Crippen LogP contribution in [0.5, 0.6) is 0 Å². The second-order valence-electron chi connectivity index (χ2n) is 4.09. The number of nitrogens with zero attached hydrogens (tertiary/aromatic N) is 2. The standard InChI is InChI=1S/C8H16N2S2/c11-9-4-1-8(2-5-9)3-6-10(12)7-8/h11-12H,1-7H2. The first-order valence-electron chi connectivity index (χ1n) is 4.58. The van der Waals surface area contributed by atoms with Crippen molar-refractivity contribution in [2.45, 2.75) is 19.3 Å². The van der Waals surface area contributed by atoms with Crippen molar-refractivity contribution >= 4 is 25.6 Å². The molecule has 2 aliphatic heterocycles. The molecule has 0 N–H and O–H groups in total. The monoisotopic (exact) mass is 204 g/mol. The van der Waals surface area contributed by atoms with Crippen LogP contribution >= 0.6 is 25.6 Å². The maximum atomic E-state index is 4.40. The quantitative estimate of drug-likeness (QED) is 0.577. The molecule has 12 heavy (non-hydrogen) atoms. The van der Waals surface area contributed by atoms with Crippen molar-refractivity contribution in [2.24, 2.45) is 5.41 Å². The van der Waals surface area contributed by atoms with E-state index in [9.17, 15) is 0 Å². The maximum absolute atomic E-state index is 4.40. The number of hydrogen-bond acceptors (Lipinski definition) is 4. The van der Waals surface area contributed by atoms with Crippen molar-refractivity contribution in [3.05, 3.63) is 0 Å². The van der Waals surface area contributed by atoms with Crippen molar-refractivity contribution in [1.82, 2.24) is 8.61 Å². The van der Waals surface area contributed by atoms with Crippen LogP contribution in [0.2, 0.25) is 0 Å². The molecule has 0 aromatic rings. The van der Waals surface area contributed by atoms with Crippen LogP contribution < -0.4 is 0 Å². The summed E-state index contributed by atoms with van der Waals surface area (Å²) in [4.78, 5) is 0. The van der Waals surface area contributed by atoms with E-state index in [1.807, 2.05) is 0 Å². The van der Waals surface area contributed by atoms with Crippen LogP contribution in [0.4, 0.5) is 0 Å². The lowest BCUT2D eigenvalue weighted by atomic mass is 9.78. The molecule has 2 aliphatic rings. The molecule has 2 fully saturated rings. The van der Waals surface area contributed by atoms with Gasteiger partial charge in [-0.15, -0.1) is 0 Å². The Morgan fingerprint density at radius 1 is 0.833 bits per heavy atom. The van der Waals surface area contributed by atoms with Gasteiger partial charge < -0.3 is 0 Å². The smallest absolute Gasteiger partial charge is 0.0145 e. The van der Waals surface area contributed by atoms with Crippen LogP contribution in [0, 0.1) is 5.41 Å². The first-order chi connectivity index (χ1) is 5.70. The minimum atomic E-state index is 0.584. The maximum Gasteiger partial charge on any atom is 0.0145 e. The van der Waals surface area contributed by atoms with Gasteiger partial charge in [-0.25, -0.2) is 0 Å². The Balaban J connectivity index is 1.95. The van der Waals surface area contributed by atoms with Gasteiger partial charge >= 0.3 is 0 Å². The Morgan fingerprint density at radius 2 is 1.33 bits per heavy atom. The molecule has 0 aliphatic carbocycles. The van der Waals surface area contributed by atoms with E-state index < -0.39 is 0 Å². The molecule has 2 heterocycles. The molecule has 0 saturated carbocycles. The molecule has 0 aromatic carbocycles. The van der Waals surface area contributed by atoms with Crippen molar-refractivity contribution in [2.75, 3.05) is 26.2 Å². The lowest BCUT2D eigenvalue weighted by Gasteiger charge is -2.36. The summed E-state index contributed by atoms with van der Waals surface area (Å²) in [7, 11) is 0. The summed E-state index contributed by atoms with van der Waals surface area (Å²) in [6.07, 6.45) is 3.93. The first kappa shape index (κ1) is 9.19. The largest absolute Gasteiger partial charge is 0.253 e. The normalized spacial score (nSPS) is 31.5. The van der Waals surface area contributed by atoms with Gasteiger partial charge in [-0.05, 0) is 24.7 Å². The average Bonchev–Trinajstić information content (AvgIpc) is 2.40. The summed E-state index contributed by atoms with van der Waals surface area (Å²) in [6.45, 7) is 4.63. The average molecular weight is 204 g/mol. The lowest BCUT2D eigenvalue weighted by molar-refractivity contribution is 0.178. The predicted octanol–water partition coefficient (Wildman–Crippen LogP) is 1.46. The van der Waals surface area contributed by atoms with Crippen molar-refractivity contribution < 1.29 is 0 Å². The molecule has 2 saturated heterocycles. The van der Waals surface area contributed by atoms with Gasteiger partial charge in [-0.3, -0.25) is 8.61 Å². The number of hydrogen-bond donors (Lipinski definition) is 2.